The van der Waals surface area contributed by atoms with E-state index in [9.17, 15) is 14.7 Å². The number of hydrogen-bond acceptors (Lipinski definition) is 3. The Morgan fingerprint density at radius 3 is 2.47 bits per heavy atom. The fourth-order valence-electron chi connectivity index (χ4n) is 1.68. The molecule has 1 unspecified atom stereocenters. The van der Waals surface area contributed by atoms with Crippen LogP contribution < -0.4 is 0 Å². The van der Waals surface area contributed by atoms with Gasteiger partial charge in [0.25, 0.3) is 0 Å². The largest absolute Gasteiger partial charge is 0.479 e. The highest BCUT2D eigenvalue weighted by atomic mass is 16.4. The lowest BCUT2D eigenvalue weighted by Crippen LogP contribution is -2.14. The molecule has 0 bridgehead atoms. The van der Waals surface area contributed by atoms with E-state index >= 15 is 0 Å². The lowest BCUT2D eigenvalue weighted by atomic mass is 9.95. The van der Waals surface area contributed by atoms with Gasteiger partial charge in [0.2, 0.25) is 0 Å². The Morgan fingerprint density at radius 1 is 1.35 bits per heavy atom. The summed E-state index contributed by atoms with van der Waals surface area (Å²) in [5.41, 5.74) is 1.82. The highest BCUT2D eigenvalue weighted by Gasteiger charge is 2.20. The maximum atomic E-state index is 11.1. The van der Waals surface area contributed by atoms with Crippen LogP contribution in [-0.4, -0.2) is 22.0 Å². The molecule has 0 aliphatic carbocycles. The smallest absolute Gasteiger partial charge is 0.337 e. The van der Waals surface area contributed by atoms with E-state index in [0.29, 0.717) is 11.1 Å². The Morgan fingerprint density at radius 2 is 2.00 bits per heavy atom. The normalized spacial score (nSPS) is 12.2. The van der Waals surface area contributed by atoms with Crippen molar-refractivity contribution >= 4 is 11.8 Å². The number of aryl methyl sites for hydroxylation is 1. The number of aliphatic carboxylic acids is 1. The highest BCUT2D eigenvalue weighted by molar-refractivity contribution is 5.80. The molecule has 0 spiro atoms. The predicted octanol–water partition coefficient (Wildman–Crippen LogP) is 1.50. The van der Waals surface area contributed by atoms with E-state index in [-0.39, 0.29) is 12.2 Å². The van der Waals surface area contributed by atoms with Crippen molar-refractivity contribution in [3.8, 4) is 0 Å². The molecule has 4 heteroatoms. The zero-order chi connectivity index (χ0) is 13.0. The van der Waals surface area contributed by atoms with E-state index < -0.39 is 12.1 Å². The minimum atomic E-state index is -1.57. The molecule has 0 fully saturated rings. The van der Waals surface area contributed by atoms with Crippen LogP contribution in [0.15, 0.2) is 18.2 Å². The fraction of sp³-hybridized carbons (Fsp3) is 0.385. The summed E-state index contributed by atoms with van der Waals surface area (Å²) in [7, 11) is 0. The Labute approximate surface area is 99.9 Å². The molecule has 1 aromatic rings. The van der Waals surface area contributed by atoms with Crippen LogP contribution in [-0.2, 0) is 22.4 Å². The first-order chi connectivity index (χ1) is 7.95. The Bertz CT molecular complexity index is 437. The second-order valence-corrected chi connectivity index (χ2v) is 4.01. The summed E-state index contributed by atoms with van der Waals surface area (Å²) < 4.78 is 0. The molecule has 0 radical (unpaired) electrons. The van der Waals surface area contributed by atoms with Gasteiger partial charge in [-0.25, -0.2) is 4.79 Å². The second-order valence-electron chi connectivity index (χ2n) is 4.01. The van der Waals surface area contributed by atoms with E-state index in [2.05, 4.69) is 0 Å². The van der Waals surface area contributed by atoms with Crippen molar-refractivity contribution in [2.75, 3.05) is 0 Å². The van der Waals surface area contributed by atoms with Gasteiger partial charge < -0.3 is 10.2 Å². The number of benzene rings is 1. The minimum Gasteiger partial charge on any atom is -0.479 e. The van der Waals surface area contributed by atoms with E-state index in [4.69, 9.17) is 5.11 Å². The zero-order valence-electron chi connectivity index (χ0n) is 9.93. The number of carboxylic acid groups (broad SMARTS) is 1. The van der Waals surface area contributed by atoms with Crippen LogP contribution in [0, 0.1) is 0 Å². The Balaban J connectivity index is 3.20. The molecule has 0 aliphatic heterocycles. The monoisotopic (exact) mass is 236 g/mol. The maximum absolute atomic E-state index is 11.1. The molecular weight excluding hydrogens is 220 g/mol. The van der Waals surface area contributed by atoms with Crippen LogP contribution in [0.5, 0.6) is 0 Å². The molecule has 0 saturated heterocycles. The Hall–Kier alpha value is -1.68. The first-order valence-electron chi connectivity index (χ1n) is 5.47. The summed E-state index contributed by atoms with van der Waals surface area (Å²) in [6, 6.07) is 5.20. The molecule has 4 nitrogen and oxygen atoms in total. The van der Waals surface area contributed by atoms with Crippen molar-refractivity contribution in [3.05, 3.63) is 34.9 Å². The molecule has 17 heavy (non-hydrogen) atoms. The molecular formula is C13H16O4. The summed E-state index contributed by atoms with van der Waals surface area (Å²) in [4.78, 5) is 21.9. The number of Topliss-reactive ketones (excluding diaryl/α,β-unsaturated/α-hetero) is 1. The molecule has 1 rings (SSSR count). The van der Waals surface area contributed by atoms with Crippen molar-refractivity contribution in [1.29, 1.82) is 0 Å². The average Bonchev–Trinajstić information content (AvgIpc) is 2.27. The highest BCUT2D eigenvalue weighted by Crippen LogP contribution is 2.21. The van der Waals surface area contributed by atoms with Crippen molar-refractivity contribution in [1.82, 2.24) is 0 Å². The molecule has 0 saturated carbocycles. The summed E-state index contributed by atoms with van der Waals surface area (Å²) >= 11 is 0. The molecule has 0 heterocycles. The summed E-state index contributed by atoms with van der Waals surface area (Å²) in [5, 5.41) is 18.4. The van der Waals surface area contributed by atoms with Gasteiger partial charge in [-0.05, 0) is 30.0 Å². The fourth-order valence-corrected chi connectivity index (χ4v) is 1.68. The van der Waals surface area contributed by atoms with Gasteiger partial charge in [0.05, 0.1) is 0 Å². The number of aliphatic hydroxyl groups is 1. The third kappa shape index (κ3) is 3.39. The number of carboxylic acids is 1. The average molecular weight is 236 g/mol. The minimum absolute atomic E-state index is 0.0620. The first kappa shape index (κ1) is 13.4. The van der Waals surface area contributed by atoms with Gasteiger partial charge in [0.15, 0.2) is 6.10 Å². The van der Waals surface area contributed by atoms with Crippen molar-refractivity contribution in [2.45, 2.75) is 32.8 Å². The number of carbonyl (C=O) groups excluding carboxylic acids is 1. The number of carbonyl (C=O) groups is 2. The topological polar surface area (TPSA) is 74.6 Å². The standard InChI is InChI=1S/C13H16O4/c1-3-9-4-5-10(6-8(2)14)11(7-9)12(15)13(16)17/h4-5,7,12,15H,3,6H2,1-2H3,(H,16,17). The summed E-state index contributed by atoms with van der Waals surface area (Å²) in [5.74, 6) is -1.36. The molecule has 1 atom stereocenters. The van der Waals surface area contributed by atoms with Gasteiger partial charge in [-0.15, -0.1) is 0 Å². The lowest BCUT2D eigenvalue weighted by molar-refractivity contribution is -0.147. The molecule has 92 valence electrons. The van der Waals surface area contributed by atoms with E-state index in [1.54, 1.807) is 12.1 Å². The van der Waals surface area contributed by atoms with Crippen LogP contribution in [0.4, 0.5) is 0 Å². The van der Waals surface area contributed by atoms with E-state index in [1.807, 2.05) is 13.0 Å². The van der Waals surface area contributed by atoms with Crippen LogP contribution in [0.3, 0.4) is 0 Å². The van der Waals surface area contributed by atoms with E-state index in [1.165, 1.54) is 6.92 Å². The number of rotatable bonds is 5. The third-order valence-electron chi connectivity index (χ3n) is 2.59. The third-order valence-corrected chi connectivity index (χ3v) is 2.59. The number of hydrogen-bond donors (Lipinski definition) is 2. The molecule has 0 aliphatic rings. The first-order valence-corrected chi connectivity index (χ1v) is 5.47. The number of ketones is 1. The molecule has 1 aromatic carbocycles. The lowest BCUT2D eigenvalue weighted by Gasteiger charge is -2.13. The molecule has 0 amide bonds. The van der Waals surface area contributed by atoms with Crippen molar-refractivity contribution in [3.63, 3.8) is 0 Å². The molecule has 0 aromatic heterocycles. The second kappa shape index (κ2) is 5.59. The van der Waals surface area contributed by atoms with Gasteiger partial charge in [-0.2, -0.15) is 0 Å². The van der Waals surface area contributed by atoms with Crippen LogP contribution in [0.2, 0.25) is 0 Å². The molecule has 2 N–H and O–H groups in total. The van der Waals surface area contributed by atoms with Crippen molar-refractivity contribution in [2.24, 2.45) is 0 Å². The van der Waals surface area contributed by atoms with Gasteiger partial charge in [0.1, 0.15) is 5.78 Å². The maximum Gasteiger partial charge on any atom is 0.337 e. The van der Waals surface area contributed by atoms with Gasteiger partial charge in [-0.1, -0.05) is 25.1 Å². The van der Waals surface area contributed by atoms with Gasteiger partial charge >= 0.3 is 5.97 Å². The Kier molecular flexibility index (Phi) is 4.40. The van der Waals surface area contributed by atoms with Crippen molar-refractivity contribution < 1.29 is 19.8 Å². The van der Waals surface area contributed by atoms with Gasteiger partial charge in [-0.3, -0.25) is 4.79 Å². The van der Waals surface area contributed by atoms with E-state index in [0.717, 1.165) is 12.0 Å². The summed E-state index contributed by atoms with van der Waals surface area (Å²) in [6.45, 7) is 3.38. The van der Waals surface area contributed by atoms with Crippen LogP contribution in [0.25, 0.3) is 0 Å². The van der Waals surface area contributed by atoms with Crippen LogP contribution >= 0.6 is 0 Å². The zero-order valence-corrected chi connectivity index (χ0v) is 9.93. The summed E-state index contributed by atoms with van der Waals surface area (Å²) in [6.07, 6.45) is -0.681. The van der Waals surface area contributed by atoms with Crippen LogP contribution in [0.1, 0.15) is 36.6 Å². The predicted molar refractivity (Wildman–Crippen MR) is 62.8 cm³/mol. The quantitative estimate of drug-likeness (QED) is 0.812. The SMILES string of the molecule is CCc1ccc(CC(C)=O)c(C(O)C(=O)O)c1. The number of aliphatic hydroxyl groups excluding tert-OH is 1. The van der Waals surface area contributed by atoms with Gasteiger partial charge in [0, 0.05) is 6.42 Å².